The number of anilines is 1. The molecule has 0 saturated heterocycles. The van der Waals surface area contributed by atoms with Crippen molar-refractivity contribution in [1.82, 2.24) is 9.97 Å². The van der Waals surface area contributed by atoms with Gasteiger partial charge in [-0.25, -0.2) is 9.97 Å². The fourth-order valence-electron chi connectivity index (χ4n) is 0.670. The second kappa shape index (κ2) is 5.14. The van der Waals surface area contributed by atoms with E-state index in [1.807, 2.05) is 0 Å². The second-order valence-corrected chi connectivity index (χ2v) is 3.37. The van der Waals surface area contributed by atoms with Crippen molar-refractivity contribution in [2.75, 3.05) is 10.6 Å². The number of amides is 1. The Morgan fingerprint density at radius 3 is 3.08 bits per heavy atom. The highest BCUT2D eigenvalue weighted by Crippen LogP contribution is 2.05. The van der Waals surface area contributed by atoms with Gasteiger partial charge in [0, 0.05) is 17.9 Å². The smallest absolute Gasteiger partial charge is 0.230 e. The summed E-state index contributed by atoms with van der Waals surface area (Å²) in [5, 5.41) is 3.43. The van der Waals surface area contributed by atoms with Crippen LogP contribution in [0.1, 0.15) is 6.42 Å². The Balaban J connectivity index is 2.58. The zero-order valence-electron chi connectivity index (χ0n) is 6.63. The van der Waals surface area contributed by atoms with Crippen LogP contribution in [0.2, 0.25) is 5.15 Å². The van der Waals surface area contributed by atoms with Crippen molar-refractivity contribution in [2.24, 2.45) is 0 Å². The van der Waals surface area contributed by atoms with Gasteiger partial charge in [0.1, 0.15) is 5.15 Å². The van der Waals surface area contributed by atoms with Crippen LogP contribution in [-0.2, 0) is 4.79 Å². The summed E-state index contributed by atoms with van der Waals surface area (Å²) in [5.74, 6) is 0.0950. The van der Waals surface area contributed by atoms with E-state index in [0.717, 1.165) is 0 Å². The summed E-state index contributed by atoms with van der Waals surface area (Å²) in [6.45, 7) is 0. The van der Waals surface area contributed by atoms with Gasteiger partial charge in [-0.2, -0.15) is 0 Å². The molecule has 0 aliphatic carbocycles. The Bertz CT molecular complexity index is 308. The zero-order chi connectivity index (χ0) is 9.68. The summed E-state index contributed by atoms with van der Waals surface area (Å²) < 4.78 is 0. The predicted molar refractivity (Wildman–Crippen MR) is 54.1 cm³/mol. The maximum absolute atomic E-state index is 11.1. The number of nitrogens with one attached hydrogen (secondary N) is 1. The normalized spacial score (nSPS) is 9.69. The molecule has 4 nitrogen and oxygen atoms in total. The van der Waals surface area contributed by atoms with Crippen LogP contribution < -0.4 is 5.32 Å². The lowest BCUT2D eigenvalue weighted by molar-refractivity contribution is -0.115. The number of halogens is 2. The number of aromatic nitrogens is 2. The lowest BCUT2D eigenvalue weighted by atomic mass is 10.4. The van der Waals surface area contributed by atoms with E-state index < -0.39 is 0 Å². The van der Waals surface area contributed by atoms with Crippen molar-refractivity contribution in [2.45, 2.75) is 6.42 Å². The molecule has 0 atom stereocenters. The molecule has 1 N–H and O–H groups in total. The first-order chi connectivity index (χ1) is 6.22. The number of hydrogen-bond acceptors (Lipinski definition) is 3. The minimum atomic E-state index is -0.140. The molecule has 0 aliphatic heterocycles. The van der Waals surface area contributed by atoms with Crippen LogP contribution in [0.4, 0.5) is 5.95 Å². The Kier molecular flexibility index (Phi) is 4.11. The third-order valence-corrected chi connectivity index (χ3v) is 1.80. The maximum atomic E-state index is 11.1. The van der Waals surface area contributed by atoms with Gasteiger partial charge in [-0.05, 0) is 6.07 Å². The predicted octanol–water partition coefficient (Wildman–Crippen LogP) is 1.85. The highest BCUT2D eigenvalue weighted by atomic mass is 79.9. The van der Waals surface area contributed by atoms with E-state index in [4.69, 9.17) is 11.6 Å². The molecule has 0 fully saturated rings. The van der Waals surface area contributed by atoms with Gasteiger partial charge in [-0.15, -0.1) is 0 Å². The molecule has 1 aromatic rings. The van der Waals surface area contributed by atoms with Crippen LogP contribution in [-0.4, -0.2) is 21.2 Å². The Hall–Kier alpha value is -0.680. The van der Waals surface area contributed by atoms with Gasteiger partial charge < -0.3 is 0 Å². The molecule has 13 heavy (non-hydrogen) atoms. The van der Waals surface area contributed by atoms with Crippen LogP contribution in [0.5, 0.6) is 0 Å². The Morgan fingerprint density at radius 2 is 2.46 bits per heavy atom. The fraction of sp³-hybridized carbons (Fsp3) is 0.286. The molecule has 0 aliphatic rings. The summed E-state index contributed by atoms with van der Waals surface area (Å²) in [6, 6.07) is 1.54. The van der Waals surface area contributed by atoms with E-state index in [2.05, 4.69) is 31.2 Å². The van der Waals surface area contributed by atoms with Gasteiger partial charge in [0.25, 0.3) is 0 Å². The highest BCUT2D eigenvalue weighted by molar-refractivity contribution is 9.09. The average Bonchev–Trinajstić information content (AvgIpc) is 2.04. The largest absolute Gasteiger partial charge is 0.294 e. The number of alkyl halides is 1. The Morgan fingerprint density at radius 1 is 1.69 bits per heavy atom. The quantitative estimate of drug-likeness (QED) is 0.669. The summed E-state index contributed by atoms with van der Waals surface area (Å²) in [4.78, 5) is 18.7. The van der Waals surface area contributed by atoms with Gasteiger partial charge in [0.05, 0.1) is 0 Å². The second-order valence-electron chi connectivity index (χ2n) is 2.19. The first-order valence-corrected chi connectivity index (χ1v) is 5.06. The summed E-state index contributed by atoms with van der Waals surface area (Å²) >= 11 is 8.74. The van der Waals surface area contributed by atoms with Gasteiger partial charge in [0.2, 0.25) is 11.9 Å². The number of carbonyl (C=O) groups is 1. The molecular weight excluding hydrogens is 257 g/mol. The van der Waals surface area contributed by atoms with Gasteiger partial charge in [0.15, 0.2) is 0 Å². The molecule has 1 aromatic heterocycles. The van der Waals surface area contributed by atoms with E-state index in [0.29, 0.717) is 16.9 Å². The molecule has 6 heteroatoms. The molecular formula is C7H7BrClN3O. The average molecular weight is 265 g/mol. The topological polar surface area (TPSA) is 54.9 Å². The zero-order valence-corrected chi connectivity index (χ0v) is 8.97. The van der Waals surface area contributed by atoms with E-state index in [1.165, 1.54) is 6.20 Å². The molecule has 0 saturated carbocycles. The third-order valence-electron chi connectivity index (χ3n) is 1.19. The molecule has 1 amide bonds. The van der Waals surface area contributed by atoms with E-state index >= 15 is 0 Å². The van der Waals surface area contributed by atoms with Crippen molar-refractivity contribution in [3.8, 4) is 0 Å². The van der Waals surface area contributed by atoms with E-state index in [-0.39, 0.29) is 11.9 Å². The van der Waals surface area contributed by atoms with Crippen molar-refractivity contribution >= 4 is 39.4 Å². The molecule has 1 rings (SSSR count). The molecule has 1 heterocycles. The minimum Gasteiger partial charge on any atom is -0.294 e. The first kappa shape index (κ1) is 10.4. The molecule has 0 aromatic carbocycles. The van der Waals surface area contributed by atoms with E-state index in [9.17, 15) is 4.79 Å². The van der Waals surface area contributed by atoms with E-state index in [1.54, 1.807) is 6.07 Å². The van der Waals surface area contributed by atoms with Crippen molar-refractivity contribution in [3.63, 3.8) is 0 Å². The molecule has 0 unspecified atom stereocenters. The van der Waals surface area contributed by atoms with Crippen molar-refractivity contribution in [1.29, 1.82) is 0 Å². The van der Waals surface area contributed by atoms with Crippen LogP contribution in [0.15, 0.2) is 12.3 Å². The molecule has 70 valence electrons. The number of rotatable bonds is 3. The fourth-order valence-corrected chi connectivity index (χ4v) is 1.17. The maximum Gasteiger partial charge on any atom is 0.230 e. The standard InChI is InChI=1S/C7H7BrClN3O/c8-3-1-6(13)12-7-10-4-2-5(9)11-7/h2,4H,1,3H2,(H,10,11,12,13). The number of carbonyl (C=O) groups excluding carboxylic acids is 1. The van der Waals surface area contributed by atoms with Gasteiger partial charge in [-0.1, -0.05) is 27.5 Å². The minimum absolute atomic E-state index is 0.140. The van der Waals surface area contributed by atoms with Crippen LogP contribution in [0, 0.1) is 0 Å². The molecule has 0 spiro atoms. The Labute approximate surface area is 88.8 Å². The summed E-state index contributed by atoms with van der Waals surface area (Å²) in [6.07, 6.45) is 1.87. The SMILES string of the molecule is O=C(CCBr)Nc1nccc(Cl)n1. The van der Waals surface area contributed by atoms with Gasteiger partial charge in [-0.3, -0.25) is 10.1 Å². The van der Waals surface area contributed by atoms with Gasteiger partial charge >= 0.3 is 0 Å². The van der Waals surface area contributed by atoms with Crippen molar-refractivity contribution in [3.05, 3.63) is 17.4 Å². The van der Waals surface area contributed by atoms with Crippen molar-refractivity contribution < 1.29 is 4.79 Å². The third kappa shape index (κ3) is 3.69. The summed E-state index contributed by atoms with van der Waals surface area (Å²) in [5.41, 5.74) is 0. The molecule has 0 bridgehead atoms. The highest BCUT2D eigenvalue weighted by Gasteiger charge is 2.02. The van der Waals surface area contributed by atoms with Crippen LogP contribution in [0.3, 0.4) is 0 Å². The van der Waals surface area contributed by atoms with Crippen LogP contribution in [0.25, 0.3) is 0 Å². The number of nitrogens with zero attached hydrogens (tertiary/aromatic N) is 2. The first-order valence-electron chi connectivity index (χ1n) is 3.56. The number of hydrogen-bond donors (Lipinski definition) is 1. The monoisotopic (exact) mass is 263 g/mol. The lowest BCUT2D eigenvalue weighted by Gasteiger charge is -2.00. The molecule has 0 radical (unpaired) electrons. The lowest BCUT2D eigenvalue weighted by Crippen LogP contribution is -2.13. The summed E-state index contributed by atoms with van der Waals surface area (Å²) in [7, 11) is 0. The van der Waals surface area contributed by atoms with Crippen LogP contribution >= 0.6 is 27.5 Å².